The Bertz CT molecular complexity index is 234. The van der Waals surface area contributed by atoms with Crippen LogP contribution in [0, 0.1) is 5.92 Å². The number of carbonyl (C=O) groups excluding carboxylic acids is 1. The first-order valence-corrected chi connectivity index (χ1v) is 6.22. The molecule has 3 heteroatoms. The smallest absolute Gasteiger partial charge is 0.223 e. The minimum atomic E-state index is 0.383. The van der Waals surface area contributed by atoms with Crippen LogP contribution in [-0.2, 0) is 4.79 Å². The zero-order valence-corrected chi connectivity index (χ0v) is 9.83. The summed E-state index contributed by atoms with van der Waals surface area (Å²) < 4.78 is 0. The molecule has 0 radical (unpaired) electrons. The maximum absolute atomic E-state index is 12.0. The van der Waals surface area contributed by atoms with Gasteiger partial charge in [-0.3, -0.25) is 4.79 Å². The standard InChI is InChI=1S/C12H22N2O/c1-9(2)11-4-3-5-12(15)14(11)10-6-7-13-8-10/h9-11,13H,3-8H2,1-2H3. The molecule has 86 valence electrons. The fraction of sp³-hybridized carbons (Fsp3) is 0.917. The average molecular weight is 210 g/mol. The molecule has 1 N–H and O–H groups in total. The molecular weight excluding hydrogens is 188 g/mol. The second-order valence-corrected chi connectivity index (χ2v) is 5.15. The predicted molar refractivity (Wildman–Crippen MR) is 60.6 cm³/mol. The molecule has 2 atom stereocenters. The summed E-state index contributed by atoms with van der Waals surface area (Å²) >= 11 is 0. The van der Waals surface area contributed by atoms with Gasteiger partial charge in [-0.1, -0.05) is 13.8 Å². The maximum atomic E-state index is 12.0. The van der Waals surface area contributed by atoms with Crippen LogP contribution in [0.2, 0.25) is 0 Å². The first-order valence-electron chi connectivity index (χ1n) is 6.22. The molecule has 0 saturated carbocycles. The van der Waals surface area contributed by atoms with E-state index in [2.05, 4.69) is 24.1 Å². The van der Waals surface area contributed by atoms with Crippen LogP contribution in [-0.4, -0.2) is 36.0 Å². The van der Waals surface area contributed by atoms with Crippen molar-refractivity contribution in [3.05, 3.63) is 0 Å². The minimum Gasteiger partial charge on any atom is -0.335 e. The lowest BCUT2D eigenvalue weighted by Crippen LogP contribution is -2.52. The van der Waals surface area contributed by atoms with E-state index in [1.54, 1.807) is 0 Å². The predicted octanol–water partition coefficient (Wildman–Crippen LogP) is 1.39. The van der Waals surface area contributed by atoms with Crippen LogP contribution in [0.4, 0.5) is 0 Å². The van der Waals surface area contributed by atoms with Crippen LogP contribution in [0.5, 0.6) is 0 Å². The highest BCUT2D eigenvalue weighted by Gasteiger charge is 2.36. The third-order valence-corrected chi connectivity index (χ3v) is 3.73. The van der Waals surface area contributed by atoms with Gasteiger partial charge in [0.1, 0.15) is 0 Å². The number of amides is 1. The summed E-state index contributed by atoms with van der Waals surface area (Å²) in [5.41, 5.74) is 0. The molecule has 1 amide bonds. The lowest BCUT2D eigenvalue weighted by atomic mass is 9.90. The number of hydrogen-bond donors (Lipinski definition) is 1. The lowest BCUT2D eigenvalue weighted by Gasteiger charge is -2.41. The summed E-state index contributed by atoms with van der Waals surface area (Å²) in [5, 5.41) is 3.36. The molecule has 3 nitrogen and oxygen atoms in total. The van der Waals surface area contributed by atoms with E-state index >= 15 is 0 Å². The van der Waals surface area contributed by atoms with Crippen LogP contribution >= 0.6 is 0 Å². The molecule has 15 heavy (non-hydrogen) atoms. The fourth-order valence-corrected chi connectivity index (χ4v) is 2.92. The van der Waals surface area contributed by atoms with Gasteiger partial charge in [0.15, 0.2) is 0 Å². The van der Waals surface area contributed by atoms with Crippen molar-refractivity contribution in [2.75, 3.05) is 13.1 Å². The molecule has 0 bridgehead atoms. The molecular formula is C12H22N2O. The van der Waals surface area contributed by atoms with Crippen LogP contribution in [0.25, 0.3) is 0 Å². The Morgan fingerprint density at radius 3 is 2.80 bits per heavy atom. The summed E-state index contributed by atoms with van der Waals surface area (Å²) in [7, 11) is 0. The van der Waals surface area contributed by atoms with E-state index in [9.17, 15) is 4.79 Å². The van der Waals surface area contributed by atoms with Crippen molar-refractivity contribution in [3.63, 3.8) is 0 Å². The third-order valence-electron chi connectivity index (χ3n) is 3.73. The second-order valence-electron chi connectivity index (χ2n) is 5.15. The highest BCUT2D eigenvalue weighted by Crippen LogP contribution is 2.27. The molecule has 0 aromatic rings. The van der Waals surface area contributed by atoms with E-state index in [1.807, 2.05) is 0 Å². The van der Waals surface area contributed by atoms with Crippen LogP contribution < -0.4 is 5.32 Å². The molecule has 2 saturated heterocycles. The van der Waals surface area contributed by atoms with Crippen molar-refractivity contribution < 1.29 is 4.79 Å². The topological polar surface area (TPSA) is 32.3 Å². The number of nitrogens with one attached hydrogen (secondary N) is 1. The van der Waals surface area contributed by atoms with Crippen molar-refractivity contribution in [1.82, 2.24) is 10.2 Å². The number of nitrogens with zero attached hydrogens (tertiary/aromatic N) is 1. The normalized spacial score (nSPS) is 32.7. The fourth-order valence-electron chi connectivity index (χ4n) is 2.92. The molecule has 0 aliphatic carbocycles. The van der Waals surface area contributed by atoms with Crippen molar-refractivity contribution in [2.45, 2.75) is 51.6 Å². The van der Waals surface area contributed by atoms with Gasteiger partial charge >= 0.3 is 0 Å². The SMILES string of the molecule is CC(C)C1CCCC(=O)N1C1CCNC1. The van der Waals surface area contributed by atoms with Crippen LogP contribution in [0.1, 0.15) is 39.5 Å². The molecule has 2 aliphatic rings. The van der Waals surface area contributed by atoms with E-state index in [4.69, 9.17) is 0 Å². The Morgan fingerprint density at radius 1 is 1.40 bits per heavy atom. The summed E-state index contributed by atoms with van der Waals surface area (Å²) in [4.78, 5) is 14.2. The third kappa shape index (κ3) is 2.17. The summed E-state index contributed by atoms with van der Waals surface area (Å²) in [6.45, 7) is 6.53. The largest absolute Gasteiger partial charge is 0.335 e. The lowest BCUT2D eigenvalue weighted by molar-refractivity contribution is -0.140. The van der Waals surface area contributed by atoms with Gasteiger partial charge in [-0.2, -0.15) is 0 Å². The van der Waals surface area contributed by atoms with E-state index in [1.165, 1.54) is 6.42 Å². The van der Waals surface area contributed by atoms with Gasteiger partial charge < -0.3 is 10.2 Å². The minimum absolute atomic E-state index is 0.383. The molecule has 2 aliphatic heterocycles. The number of rotatable bonds is 2. The zero-order chi connectivity index (χ0) is 10.8. The number of hydrogen-bond acceptors (Lipinski definition) is 2. The van der Waals surface area contributed by atoms with E-state index in [0.717, 1.165) is 32.4 Å². The number of likely N-dealkylation sites (tertiary alicyclic amines) is 1. The first-order chi connectivity index (χ1) is 7.20. The molecule has 0 spiro atoms. The Hall–Kier alpha value is -0.570. The first kappa shape index (κ1) is 10.9. The number of carbonyl (C=O) groups is 1. The molecule has 2 rings (SSSR count). The Balaban J connectivity index is 2.10. The van der Waals surface area contributed by atoms with Crippen molar-refractivity contribution in [1.29, 1.82) is 0 Å². The van der Waals surface area contributed by atoms with Gasteiger partial charge in [-0.15, -0.1) is 0 Å². The van der Waals surface area contributed by atoms with Gasteiger partial charge in [0, 0.05) is 25.0 Å². The average Bonchev–Trinajstić information content (AvgIpc) is 2.70. The molecule has 2 unspecified atom stereocenters. The molecule has 0 aromatic heterocycles. The highest BCUT2D eigenvalue weighted by molar-refractivity contribution is 5.77. The Kier molecular flexibility index (Phi) is 3.29. The zero-order valence-electron chi connectivity index (χ0n) is 9.83. The Labute approximate surface area is 92.2 Å². The maximum Gasteiger partial charge on any atom is 0.223 e. The van der Waals surface area contributed by atoms with Crippen LogP contribution in [0.15, 0.2) is 0 Å². The van der Waals surface area contributed by atoms with Crippen molar-refractivity contribution >= 4 is 5.91 Å². The van der Waals surface area contributed by atoms with Gasteiger partial charge in [0.2, 0.25) is 5.91 Å². The molecule has 2 fully saturated rings. The second kappa shape index (κ2) is 4.52. The summed E-state index contributed by atoms with van der Waals surface area (Å²) in [6.07, 6.45) is 4.17. The highest BCUT2D eigenvalue weighted by atomic mass is 16.2. The van der Waals surface area contributed by atoms with Gasteiger partial charge in [-0.05, 0) is 31.7 Å². The van der Waals surface area contributed by atoms with Crippen molar-refractivity contribution in [3.8, 4) is 0 Å². The summed E-state index contributed by atoms with van der Waals surface area (Å²) in [6, 6.07) is 0.946. The number of piperidine rings is 1. The van der Waals surface area contributed by atoms with Gasteiger partial charge in [0.05, 0.1) is 0 Å². The van der Waals surface area contributed by atoms with Crippen LogP contribution in [0.3, 0.4) is 0 Å². The monoisotopic (exact) mass is 210 g/mol. The van der Waals surface area contributed by atoms with Crippen molar-refractivity contribution in [2.24, 2.45) is 5.92 Å². The quantitative estimate of drug-likeness (QED) is 0.747. The van der Waals surface area contributed by atoms with E-state index in [-0.39, 0.29) is 0 Å². The van der Waals surface area contributed by atoms with E-state index < -0.39 is 0 Å². The van der Waals surface area contributed by atoms with E-state index in [0.29, 0.717) is 23.9 Å². The molecule has 0 aromatic carbocycles. The van der Waals surface area contributed by atoms with Gasteiger partial charge in [0.25, 0.3) is 0 Å². The summed E-state index contributed by atoms with van der Waals surface area (Å²) in [5.74, 6) is 0.975. The molecule has 2 heterocycles. The van der Waals surface area contributed by atoms with Gasteiger partial charge in [-0.25, -0.2) is 0 Å². The Morgan fingerprint density at radius 2 is 2.20 bits per heavy atom.